The Labute approximate surface area is 107 Å². The molecule has 1 aromatic carbocycles. The van der Waals surface area contributed by atoms with Crippen molar-refractivity contribution < 1.29 is 17.9 Å². The van der Waals surface area contributed by atoms with Crippen molar-refractivity contribution in [2.75, 3.05) is 17.6 Å². The summed E-state index contributed by atoms with van der Waals surface area (Å²) in [5.41, 5.74) is 0.442. The zero-order valence-electron chi connectivity index (χ0n) is 10.6. The van der Waals surface area contributed by atoms with Crippen molar-refractivity contribution in [3.63, 3.8) is 0 Å². The van der Waals surface area contributed by atoms with Crippen LogP contribution in [0.5, 0.6) is 0 Å². The molecule has 0 amide bonds. The molecular formula is C12H17NO4S. The molecule has 1 rings (SSSR count). The molecule has 0 bridgehead atoms. The number of anilines is 1. The third kappa shape index (κ3) is 4.03. The predicted molar refractivity (Wildman–Crippen MR) is 70.0 cm³/mol. The Morgan fingerprint density at radius 1 is 1.33 bits per heavy atom. The van der Waals surface area contributed by atoms with Crippen LogP contribution in [0.1, 0.15) is 24.2 Å². The van der Waals surface area contributed by atoms with Crippen molar-refractivity contribution in [1.82, 2.24) is 0 Å². The number of carbonyl (C=O) groups is 1. The highest BCUT2D eigenvalue weighted by Gasteiger charge is 2.17. The van der Waals surface area contributed by atoms with E-state index in [1.807, 2.05) is 13.8 Å². The number of methoxy groups -OCH3 is 1. The fraction of sp³-hybridized carbons (Fsp3) is 0.417. The van der Waals surface area contributed by atoms with Gasteiger partial charge in [0, 0.05) is 0 Å². The first-order valence-corrected chi connectivity index (χ1v) is 7.19. The van der Waals surface area contributed by atoms with Gasteiger partial charge in [-0.05, 0) is 18.1 Å². The minimum Gasteiger partial charge on any atom is -0.465 e. The number of hydrogen-bond acceptors (Lipinski definition) is 4. The first-order valence-electron chi connectivity index (χ1n) is 5.53. The maximum Gasteiger partial charge on any atom is 0.339 e. The van der Waals surface area contributed by atoms with Crippen LogP contribution in [0, 0.1) is 5.92 Å². The van der Waals surface area contributed by atoms with E-state index in [4.69, 9.17) is 0 Å². The number of rotatable bonds is 5. The van der Waals surface area contributed by atoms with E-state index in [-0.39, 0.29) is 22.9 Å². The molecule has 5 nitrogen and oxygen atoms in total. The molecule has 0 radical (unpaired) electrons. The summed E-state index contributed by atoms with van der Waals surface area (Å²) in [7, 11) is -2.20. The van der Waals surface area contributed by atoms with Crippen LogP contribution in [0.15, 0.2) is 24.3 Å². The molecule has 1 N–H and O–H groups in total. The van der Waals surface area contributed by atoms with Gasteiger partial charge in [0.25, 0.3) is 0 Å². The lowest BCUT2D eigenvalue weighted by Crippen LogP contribution is -2.21. The van der Waals surface area contributed by atoms with E-state index in [2.05, 4.69) is 9.46 Å². The van der Waals surface area contributed by atoms with E-state index >= 15 is 0 Å². The average molecular weight is 271 g/mol. The number of ether oxygens (including phenoxy) is 1. The molecule has 0 aliphatic carbocycles. The number of hydrogen-bond donors (Lipinski definition) is 1. The number of carbonyl (C=O) groups excluding carboxylic acids is 1. The summed E-state index contributed by atoms with van der Waals surface area (Å²) in [6, 6.07) is 6.34. The molecule has 0 saturated carbocycles. The molecule has 0 spiro atoms. The Bertz CT molecular complexity index is 523. The fourth-order valence-electron chi connectivity index (χ4n) is 1.51. The lowest BCUT2D eigenvalue weighted by molar-refractivity contribution is 0.0602. The summed E-state index contributed by atoms with van der Waals surface area (Å²) in [6.45, 7) is 3.62. The van der Waals surface area contributed by atoms with E-state index < -0.39 is 16.0 Å². The first kappa shape index (κ1) is 14.5. The lowest BCUT2D eigenvalue weighted by atomic mass is 10.2. The minimum atomic E-state index is -3.46. The molecule has 100 valence electrons. The van der Waals surface area contributed by atoms with Crippen LogP contribution < -0.4 is 4.72 Å². The van der Waals surface area contributed by atoms with Crippen LogP contribution in [-0.2, 0) is 14.8 Å². The van der Waals surface area contributed by atoms with Gasteiger partial charge in [-0.1, -0.05) is 26.0 Å². The second-order valence-electron chi connectivity index (χ2n) is 4.31. The topological polar surface area (TPSA) is 72.5 Å². The third-order valence-corrected chi connectivity index (χ3v) is 3.79. The van der Waals surface area contributed by atoms with Gasteiger partial charge in [-0.2, -0.15) is 0 Å². The van der Waals surface area contributed by atoms with Crippen LogP contribution in [0.2, 0.25) is 0 Å². The molecule has 18 heavy (non-hydrogen) atoms. The molecular weight excluding hydrogens is 254 g/mol. The molecule has 0 aliphatic heterocycles. The molecule has 1 aromatic rings. The molecule has 0 saturated heterocycles. The van der Waals surface area contributed by atoms with Gasteiger partial charge in [-0.3, -0.25) is 4.72 Å². The molecule has 0 heterocycles. The van der Waals surface area contributed by atoms with Crippen molar-refractivity contribution in [2.45, 2.75) is 13.8 Å². The largest absolute Gasteiger partial charge is 0.465 e. The minimum absolute atomic E-state index is 0.00249. The van der Waals surface area contributed by atoms with Crippen molar-refractivity contribution in [1.29, 1.82) is 0 Å². The lowest BCUT2D eigenvalue weighted by Gasteiger charge is -2.12. The first-order chi connectivity index (χ1) is 8.35. The summed E-state index contributed by atoms with van der Waals surface area (Å²) in [4.78, 5) is 11.5. The highest BCUT2D eigenvalue weighted by molar-refractivity contribution is 7.92. The van der Waals surface area contributed by atoms with Crippen LogP contribution in [-0.4, -0.2) is 27.2 Å². The summed E-state index contributed by atoms with van der Waals surface area (Å²) in [6.07, 6.45) is 0. The highest BCUT2D eigenvalue weighted by Crippen LogP contribution is 2.18. The predicted octanol–water partition coefficient (Wildman–Crippen LogP) is 1.87. The summed E-state index contributed by atoms with van der Waals surface area (Å²) < 4.78 is 30.6. The summed E-state index contributed by atoms with van der Waals surface area (Å²) in [5.74, 6) is -0.562. The monoisotopic (exact) mass is 271 g/mol. The van der Waals surface area contributed by atoms with Gasteiger partial charge in [0.1, 0.15) is 0 Å². The van der Waals surface area contributed by atoms with E-state index in [1.54, 1.807) is 12.1 Å². The Balaban J connectivity index is 3.01. The van der Waals surface area contributed by atoms with E-state index in [0.29, 0.717) is 0 Å². The maximum atomic E-state index is 11.8. The Hall–Kier alpha value is -1.56. The Kier molecular flexibility index (Phi) is 4.72. The molecule has 0 aromatic heterocycles. The number of nitrogens with one attached hydrogen (secondary N) is 1. The molecule has 0 fully saturated rings. The number of para-hydroxylation sites is 1. The Morgan fingerprint density at radius 3 is 2.50 bits per heavy atom. The van der Waals surface area contributed by atoms with Gasteiger partial charge >= 0.3 is 5.97 Å². The van der Waals surface area contributed by atoms with Gasteiger partial charge in [-0.25, -0.2) is 13.2 Å². The summed E-state index contributed by atoms with van der Waals surface area (Å²) >= 11 is 0. The van der Waals surface area contributed by atoms with Crippen molar-refractivity contribution in [3.8, 4) is 0 Å². The average Bonchev–Trinajstić information content (AvgIpc) is 2.26. The van der Waals surface area contributed by atoms with Crippen LogP contribution in [0.4, 0.5) is 5.69 Å². The molecule has 6 heteroatoms. The van der Waals surface area contributed by atoms with Crippen molar-refractivity contribution in [2.24, 2.45) is 5.92 Å². The Morgan fingerprint density at radius 2 is 1.94 bits per heavy atom. The maximum absolute atomic E-state index is 11.8. The van der Waals surface area contributed by atoms with Gasteiger partial charge < -0.3 is 4.74 Å². The second kappa shape index (κ2) is 5.86. The third-order valence-electron chi connectivity index (χ3n) is 2.15. The van der Waals surface area contributed by atoms with Crippen LogP contribution >= 0.6 is 0 Å². The SMILES string of the molecule is COC(=O)c1ccccc1NS(=O)(=O)CC(C)C. The zero-order chi connectivity index (χ0) is 13.8. The zero-order valence-corrected chi connectivity index (χ0v) is 11.5. The normalized spacial score (nSPS) is 11.3. The molecule has 0 atom stereocenters. The van der Waals surface area contributed by atoms with Gasteiger partial charge in [0.15, 0.2) is 0 Å². The number of sulfonamides is 1. The van der Waals surface area contributed by atoms with Crippen LogP contribution in [0.3, 0.4) is 0 Å². The van der Waals surface area contributed by atoms with Gasteiger partial charge in [0.05, 0.1) is 24.1 Å². The molecule has 0 unspecified atom stereocenters. The quantitative estimate of drug-likeness (QED) is 0.830. The van der Waals surface area contributed by atoms with Crippen LogP contribution in [0.25, 0.3) is 0 Å². The smallest absolute Gasteiger partial charge is 0.339 e. The second-order valence-corrected chi connectivity index (χ2v) is 6.08. The van der Waals surface area contributed by atoms with Crippen molar-refractivity contribution in [3.05, 3.63) is 29.8 Å². The van der Waals surface area contributed by atoms with Gasteiger partial charge in [-0.15, -0.1) is 0 Å². The van der Waals surface area contributed by atoms with E-state index in [1.165, 1.54) is 19.2 Å². The van der Waals surface area contributed by atoms with E-state index in [9.17, 15) is 13.2 Å². The summed E-state index contributed by atoms with van der Waals surface area (Å²) in [5, 5.41) is 0. The highest BCUT2D eigenvalue weighted by atomic mass is 32.2. The number of esters is 1. The van der Waals surface area contributed by atoms with E-state index in [0.717, 1.165) is 0 Å². The fourth-order valence-corrected chi connectivity index (χ4v) is 2.98. The standard InChI is InChI=1S/C12H17NO4S/c1-9(2)8-18(15,16)13-11-7-5-4-6-10(11)12(14)17-3/h4-7,9,13H,8H2,1-3H3. The van der Waals surface area contributed by atoms with Crippen molar-refractivity contribution >= 4 is 21.7 Å². The number of benzene rings is 1. The van der Waals surface area contributed by atoms with Gasteiger partial charge in [0.2, 0.25) is 10.0 Å². The molecule has 0 aliphatic rings.